The molecule has 4 nitrogen and oxygen atoms in total. The van der Waals surface area contributed by atoms with E-state index in [2.05, 4.69) is 5.10 Å². The molecule has 2 aromatic rings. The molecule has 0 amide bonds. The Kier molecular flexibility index (Phi) is 1.61. The van der Waals surface area contributed by atoms with Crippen molar-refractivity contribution in [3.05, 3.63) is 39.3 Å². The summed E-state index contributed by atoms with van der Waals surface area (Å²) >= 11 is 5.75. The molecule has 13 heavy (non-hydrogen) atoms. The van der Waals surface area contributed by atoms with Crippen molar-refractivity contribution in [1.29, 1.82) is 5.26 Å². The number of rotatable bonds is 0. The van der Waals surface area contributed by atoms with Gasteiger partial charge in [0.15, 0.2) is 0 Å². The first-order valence-corrected chi connectivity index (χ1v) is 3.90. The average Bonchev–Trinajstić information content (AvgIpc) is 2.53. The van der Waals surface area contributed by atoms with Crippen LogP contribution in [0.4, 0.5) is 0 Å². The van der Waals surface area contributed by atoms with Crippen LogP contribution in [0.3, 0.4) is 0 Å². The molecule has 0 fully saturated rings. The molecule has 0 aromatic carbocycles. The summed E-state index contributed by atoms with van der Waals surface area (Å²) in [5.41, 5.74) is 0.248. The van der Waals surface area contributed by atoms with E-state index in [4.69, 9.17) is 16.9 Å². The second kappa shape index (κ2) is 2.64. The highest BCUT2D eigenvalue weighted by Crippen LogP contribution is 2.11. The van der Waals surface area contributed by atoms with Gasteiger partial charge in [-0.3, -0.25) is 4.79 Å². The van der Waals surface area contributed by atoms with Gasteiger partial charge in [0.1, 0.15) is 16.8 Å². The van der Waals surface area contributed by atoms with Crippen molar-refractivity contribution < 1.29 is 0 Å². The largest absolute Gasteiger partial charge is 0.300 e. The van der Waals surface area contributed by atoms with Crippen molar-refractivity contribution in [2.45, 2.75) is 0 Å². The molecule has 2 aromatic heterocycles. The molecule has 2 heterocycles. The van der Waals surface area contributed by atoms with E-state index in [1.807, 2.05) is 6.07 Å². The molecule has 0 radical (unpaired) electrons. The van der Waals surface area contributed by atoms with Crippen LogP contribution in [0.2, 0.25) is 5.15 Å². The summed E-state index contributed by atoms with van der Waals surface area (Å²) in [7, 11) is 0. The first kappa shape index (κ1) is 7.90. The Labute approximate surface area is 78.0 Å². The molecule has 0 bridgehead atoms. The first-order valence-electron chi connectivity index (χ1n) is 3.53. The van der Waals surface area contributed by atoms with Gasteiger partial charge in [-0.05, 0) is 6.07 Å². The molecule has 1 N–H and O–H groups in total. The zero-order valence-electron chi connectivity index (χ0n) is 6.41. The van der Waals surface area contributed by atoms with Crippen LogP contribution < -0.4 is 5.43 Å². The Morgan fingerprint density at radius 3 is 3.08 bits per heavy atom. The summed E-state index contributed by atoms with van der Waals surface area (Å²) in [4.78, 5) is 11.2. The van der Waals surface area contributed by atoms with Gasteiger partial charge in [0, 0.05) is 12.3 Å². The fraction of sp³-hybridized carbons (Fsp3) is 0. The van der Waals surface area contributed by atoms with E-state index in [0.717, 1.165) is 0 Å². The zero-order valence-corrected chi connectivity index (χ0v) is 7.17. The molecule has 0 aliphatic rings. The van der Waals surface area contributed by atoms with Gasteiger partial charge in [-0.15, -0.1) is 0 Å². The quantitative estimate of drug-likeness (QED) is 0.638. The van der Waals surface area contributed by atoms with E-state index >= 15 is 0 Å². The van der Waals surface area contributed by atoms with E-state index in [9.17, 15) is 4.79 Å². The molecular formula is C8H4ClN3O. The fourth-order valence-corrected chi connectivity index (χ4v) is 1.43. The minimum atomic E-state index is -0.355. The predicted octanol–water partition coefficient (Wildman–Crippen LogP) is 1.15. The van der Waals surface area contributed by atoms with Crippen LogP contribution >= 0.6 is 11.6 Å². The summed E-state index contributed by atoms with van der Waals surface area (Å²) in [6.45, 7) is 0. The summed E-state index contributed by atoms with van der Waals surface area (Å²) < 4.78 is 1.47. The molecule has 0 spiro atoms. The number of nitrogens with one attached hydrogen (secondary N) is 1. The Morgan fingerprint density at radius 1 is 1.62 bits per heavy atom. The van der Waals surface area contributed by atoms with Crippen molar-refractivity contribution in [2.24, 2.45) is 0 Å². The van der Waals surface area contributed by atoms with Crippen LogP contribution in [0.25, 0.3) is 5.52 Å². The van der Waals surface area contributed by atoms with Gasteiger partial charge in [-0.1, -0.05) is 11.6 Å². The van der Waals surface area contributed by atoms with Crippen molar-refractivity contribution in [1.82, 2.24) is 9.61 Å². The lowest BCUT2D eigenvalue weighted by Gasteiger charge is -1.97. The molecule has 2 rings (SSSR count). The summed E-state index contributed by atoms with van der Waals surface area (Å²) in [6, 6.07) is 4.68. The van der Waals surface area contributed by atoms with E-state index in [1.54, 1.807) is 12.3 Å². The number of pyridine rings is 1. The van der Waals surface area contributed by atoms with Gasteiger partial charge < -0.3 is 5.10 Å². The predicted molar refractivity (Wildman–Crippen MR) is 47.7 cm³/mol. The SMILES string of the molecule is N#Cc1c(=O)cc(Cl)n2[nH]ccc12. The maximum absolute atomic E-state index is 11.2. The van der Waals surface area contributed by atoms with Gasteiger partial charge in [-0.25, -0.2) is 4.52 Å². The first-order chi connectivity index (χ1) is 6.24. The van der Waals surface area contributed by atoms with Crippen molar-refractivity contribution in [2.75, 3.05) is 0 Å². The smallest absolute Gasteiger partial charge is 0.201 e. The Balaban J connectivity index is 3.08. The van der Waals surface area contributed by atoms with Gasteiger partial charge in [0.05, 0.1) is 5.52 Å². The van der Waals surface area contributed by atoms with Gasteiger partial charge in [0.25, 0.3) is 0 Å². The molecule has 64 valence electrons. The van der Waals surface area contributed by atoms with Crippen molar-refractivity contribution in [3.8, 4) is 6.07 Å². The molecule has 0 saturated carbocycles. The van der Waals surface area contributed by atoms with E-state index in [1.165, 1.54) is 10.6 Å². The number of aromatic nitrogens is 2. The van der Waals surface area contributed by atoms with Crippen LogP contribution in [0.5, 0.6) is 0 Å². The minimum Gasteiger partial charge on any atom is -0.300 e. The van der Waals surface area contributed by atoms with Gasteiger partial charge in [0.2, 0.25) is 5.43 Å². The second-order valence-electron chi connectivity index (χ2n) is 2.50. The van der Waals surface area contributed by atoms with E-state index < -0.39 is 0 Å². The van der Waals surface area contributed by atoms with Crippen LogP contribution in [0.15, 0.2) is 23.1 Å². The normalized spacial score (nSPS) is 10.2. The number of aromatic amines is 1. The number of fused-ring (bicyclic) bond motifs is 1. The van der Waals surface area contributed by atoms with Crippen LogP contribution in [-0.4, -0.2) is 9.61 Å². The molecular weight excluding hydrogens is 190 g/mol. The molecule has 0 aliphatic heterocycles. The Morgan fingerprint density at radius 2 is 2.38 bits per heavy atom. The monoisotopic (exact) mass is 193 g/mol. The third-order valence-corrected chi connectivity index (χ3v) is 2.04. The number of halogens is 1. The second-order valence-corrected chi connectivity index (χ2v) is 2.89. The maximum Gasteiger partial charge on any atom is 0.201 e. The molecule has 0 saturated heterocycles. The zero-order chi connectivity index (χ0) is 9.42. The highest BCUT2D eigenvalue weighted by Gasteiger charge is 2.07. The van der Waals surface area contributed by atoms with Crippen molar-refractivity contribution >= 4 is 17.1 Å². The molecule has 0 unspecified atom stereocenters. The number of nitrogens with zero attached hydrogens (tertiary/aromatic N) is 2. The van der Waals surface area contributed by atoms with E-state index in [-0.39, 0.29) is 16.1 Å². The molecule has 5 heteroatoms. The fourth-order valence-electron chi connectivity index (χ4n) is 1.19. The van der Waals surface area contributed by atoms with Crippen LogP contribution in [0.1, 0.15) is 5.56 Å². The molecule has 0 aliphatic carbocycles. The molecule has 0 atom stereocenters. The van der Waals surface area contributed by atoms with Crippen LogP contribution in [0, 0.1) is 11.3 Å². The number of H-pyrrole nitrogens is 1. The highest BCUT2D eigenvalue weighted by molar-refractivity contribution is 6.29. The average molecular weight is 194 g/mol. The topological polar surface area (TPSA) is 61.1 Å². The lowest BCUT2D eigenvalue weighted by molar-refractivity contribution is 0.956. The third-order valence-electron chi connectivity index (χ3n) is 1.76. The summed E-state index contributed by atoms with van der Waals surface area (Å²) in [5.74, 6) is 0. The lowest BCUT2D eigenvalue weighted by Crippen LogP contribution is -2.08. The summed E-state index contributed by atoms with van der Waals surface area (Å²) in [5, 5.41) is 11.8. The van der Waals surface area contributed by atoms with Crippen LogP contribution in [-0.2, 0) is 0 Å². The Bertz CT molecular complexity index is 561. The minimum absolute atomic E-state index is 0.102. The van der Waals surface area contributed by atoms with Gasteiger partial charge >= 0.3 is 0 Å². The maximum atomic E-state index is 11.2. The lowest BCUT2D eigenvalue weighted by atomic mass is 10.2. The van der Waals surface area contributed by atoms with Gasteiger partial charge in [-0.2, -0.15) is 5.26 Å². The Hall–Kier alpha value is -1.73. The number of nitriles is 1. The van der Waals surface area contributed by atoms with E-state index in [0.29, 0.717) is 5.52 Å². The highest BCUT2D eigenvalue weighted by atomic mass is 35.5. The number of hydrogen-bond acceptors (Lipinski definition) is 2. The third kappa shape index (κ3) is 1.02. The standard InChI is InChI=1S/C8H4ClN3O/c9-8-3-7(13)5(4-10)6-1-2-11-12(6)8/h1-3,11H. The number of hydrogen-bond donors (Lipinski definition) is 1. The van der Waals surface area contributed by atoms with Crippen molar-refractivity contribution in [3.63, 3.8) is 0 Å². The summed E-state index contributed by atoms with van der Waals surface area (Å²) in [6.07, 6.45) is 1.61.